The first-order valence-corrected chi connectivity index (χ1v) is 10.9. The van der Waals surface area contributed by atoms with Crippen LogP contribution in [0.15, 0.2) is 52.4 Å². The van der Waals surface area contributed by atoms with E-state index in [1.165, 1.54) is 11.8 Å². The zero-order valence-electron chi connectivity index (χ0n) is 17.2. The smallest absolute Gasteiger partial charge is 0.262 e. The molecule has 0 aliphatic rings. The molecule has 0 N–H and O–H groups in total. The van der Waals surface area contributed by atoms with Crippen molar-refractivity contribution in [2.75, 3.05) is 26.5 Å². The number of hydrogen-bond acceptors (Lipinski definition) is 5. The van der Waals surface area contributed by atoms with Gasteiger partial charge in [-0.1, -0.05) is 47.6 Å². The first kappa shape index (κ1) is 22.3. The summed E-state index contributed by atoms with van der Waals surface area (Å²) in [5, 5.41) is 1.47. The molecule has 1 amide bonds. The molecule has 0 fully saturated rings. The fraction of sp³-hybridized carbons (Fsp3) is 0.318. The molecule has 0 atom stereocenters. The van der Waals surface area contributed by atoms with Gasteiger partial charge in [0, 0.05) is 25.7 Å². The molecule has 3 rings (SSSR count). The van der Waals surface area contributed by atoms with Crippen LogP contribution in [0.5, 0.6) is 0 Å². The molecule has 1 heterocycles. The lowest BCUT2D eigenvalue weighted by Crippen LogP contribution is -2.29. The van der Waals surface area contributed by atoms with Gasteiger partial charge in [-0.25, -0.2) is 4.98 Å². The molecule has 0 unspecified atom stereocenters. The van der Waals surface area contributed by atoms with Gasteiger partial charge in [0.05, 0.1) is 29.8 Å². The number of aromatic nitrogens is 2. The van der Waals surface area contributed by atoms with E-state index in [0.29, 0.717) is 40.8 Å². The van der Waals surface area contributed by atoms with Gasteiger partial charge >= 0.3 is 0 Å². The summed E-state index contributed by atoms with van der Waals surface area (Å²) in [6, 6.07) is 13.0. The molecule has 1 aromatic heterocycles. The van der Waals surface area contributed by atoms with E-state index in [1.807, 2.05) is 31.2 Å². The monoisotopic (exact) mass is 445 g/mol. The summed E-state index contributed by atoms with van der Waals surface area (Å²) in [6.07, 6.45) is 0. The molecule has 0 radical (unpaired) electrons. The highest BCUT2D eigenvalue weighted by Gasteiger charge is 2.16. The number of carbonyl (C=O) groups excluding carboxylic acids is 1. The van der Waals surface area contributed by atoms with Crippen LogP contribution in [0, 0.1) is 6.92 Å². The number of hydrogen-bond donors (Lipinski definition) is 0. The molecule has 0 aliphatic carbocycles. The van der Waals surface area contributed by atoms with Crippen LogP contribution in [0.25, 0.3) is 10.9 Å². The van der Waals surface area contributed by atoms with Crippen LogP contribution in [0.3, 0.4) is 0 Å². The second-order valence-electron chi connectivity index (χ2n) is 6.97. The summed E-state index contributed by atoms with van der Waals surface area (Å²) < 4.78 is 6.69. The van der Waals surface area contributed by atoms with Crippen molar-refractivity contribution >= 4 is 40.2 Å². The van der Waals surface area contributed by atoms with Crippen molar-refractivity contribution < 1.29 is 9.53 Å². The molecule has 2 aromatic carbocycles. The number of nitrogens with zero attached hydrogens (tertiary/aromatic N) is 3. The second-order valence-corrected chi connectivity index (χ2v) is 8.35. The Labute approximate surface area is 184 Å². The summed E-state index contributed by atoms with van der Waals surface area (Å²) >= 11 is 7.31. The van der Waals surface area contributed by atoms with E-state index in [1.54, 1.807) is 41.8 Å². The van der Waals surface area contributed by atoms with Crippen molar-refractivity contribution in [3.63, 3.8) is 0 Å². The number of rotatable bonds is 8. The molecule has 6 nitrogen and oxygen atoms in total. The van der Waals surface area contributed by atoms with E-state index in [2.05, 4.69) is 4.98 Å². The number of methoxy groups -OCH3 is 1. The van der Waals surface area contributed by atoms with Gasteiger partial charge in [0.2, 0.25) is 5.91 Å². The Balaban J connectivity index is 1.80. The van der Waals surface area contributed by atoms with Crippen molar-refractivity contribution in [1.82, 2.24) is 14.5 Å². The highest BCUT2D eigenvalue weighted by Crippen LogP contribution is 2.21. The van der Waals surface area contributed by atoms with Gasteiger partial charge in [-0.05, 0) is 36.2 Å². The lowest BCUT2D eigenvalue weighted by Gasteiger charge is -2.19. The molecule has 3 aromatic rings. The second kappa shape index (κ2) is 10.1. The quantitative estimate of drug-likeness (QED) is 0.390. The van der Waals surface area contributed by atoms with Gasteiger partial charge in [0.25, 0.3) is 5.56 Å². The predicted molar refractivity (Wildman–Crippen MR) is 121 cm³/mol. The van der Waals surface area contributed by atoms with Crippen LogP contribution in [-0.2, 0) is 22.6 Å². The first-order valence-electron chi connectivity index (χ1n) is 9.51. The molecule has 0 saturated carbocycles. The fourth-order valence-corrected chi connectivity index (χ4v) is 4.16. The third kappa shape index (κ3) is 5.22. The number of ether oxygens (including phenoxy) is 1. The van der Waals surface area contributed by atoms with Gasteiger partial charge in [-0.2, -0.15) is 0 Å². The molecule has 0 bridgehead atoms. The van der Waals surface area contributed by atoms with E-state index in [0.717, 1.165) is 11.1 Å². The predicted octanol–water partition coefficient (Wildman–Crippen LogP) is 3.76. The first-order chi connectivity index (χ1) is 14.4. The SMILES string of the molecule is COCCn1c(SCC(=O)N(C)Cc2ccccc2C)nc2cc(Cl)ccc2c1=O. The highest BCUT2D eigenvalue weighted by atomic mass is 35.5. The summed E-state index contributed by atoms with van der Waals surface area (Å²) in [5.41, 5.74) is 2.60. The van der Waals surface area contributed by atoms with Crippen LogP contribution in [0.1, 0.15) is 11.1 Å². The van der Waals surface area contributed by atoms with Crippen LogP contribution in [0.4, 0.5) is 0 Å². The van der Waals surface area contributed by atoms with Gasteiger partial charge in [-0.3, -0.25) is 14.2 Å². The van der Waals surface area contributed by atoms with E-state index < -0.39 is 0 Å². The van der Waals surface area contributed by atoms with E-state index in [-0.39, 0.29) is 17.2 Å². The third-order valence-electron chi connectivity index (χ3n) is 4.82. The minimum atomic E-state index is -0.170. The molecule has 0 aliphatic heterocycles. The maximum Gasteiger partial charge on any atom is 0.262 e. The summed E-state index contributed by atoms with van der Waals surface area (Å²) in [5.74, 6) is 0.135. The third-order valence-corrected chi connectivity index (χ3v) is 6.02. The van der Waals surface area contributed by atoms with Crippen LogP contribution in [-0.4, -0.2) is 46.9 Å². The van der Waals surface area contributed by atoms with E-state index in [4.69, 9.17) is 16.3 Å². The van der Waals surface area contributed by atoms with Crippen molar-refractivity contribution in [3.05, 3.63) is 69.0 Å². The number of benzene rings is 2. The lowest BCUT2D eigenvalue weighted by atomic mass is 10.1. The van der Waals surface area contributed by atoms with Crippen molar-refractivity contribution in [3.8, 4) is 0 Å². The molecular weight excluding hydrogens is 422 g/mol. The number of thioether (sulfide) groups is 1. The summed E-state index contributed by atoms with van der Waals surface area (Å²) in [7, 11) is 3.36. The number of carbonyl (C=O) groups is 1. The Morgan fingerprint density at radius 1 is 1.27 bits per heavy atom. The lowest BCUT2D eigenvalue weighted by molar-refractivity contribution is -0.127. The minimum absolute atomic E-state index is 0.0398. The van der Waals surface area contributed by atoms with Crippen LogP contribution < -0.4 is 5.56 Å². The fourth-order valence-electron chi connectivity index (χ4n) is 3.03. The topological polar surface area (TPSA) is 64.4 Å². The van der Waals surface area contributed by atoms with Gasteiger partial charge in [0.1, 0.15) is 0 Å². The van der Waals surface area contributed by atoms with Crippen molar-refractivity contribution in [2.45, 2.75) is 25.2 Å². The van der Waals surface area contributed by atoms with E-state index in [9.17, 15) is 9.59 Å². The largest absolute Gasteiger partial charge is 0.383 e. The Morgan fingerprint density at radius 2 is 2.03 bits per heavy atom. The number of aryl methyl sites for hydroxylation is 1. The molecule has 0 saturated heterocycles. The molecule has 158 valence electrons. The number of amides is 1. The summed E-state index contributed by atoms with van der Waals surface area (Å²) in [4.78, 5) is 31.9. The Bertz CT molecular complexity index is 1120. The maximum atomic E-state index is 12.9. The highest BCUT2D eigenvalue weighted by molar-refractivity contribution is 7.99. The standard InChI is InChI=1S/C22H24ClN3O3S/c1-15-6-4-5-7-16(15)13-25(2)20(27)14-30-22-24-19-12-17(23)8-9-18(19)21(28)26(22)10-11-29-3/h4-9,12H,10-11,13-14H2,1-3H3. The zero-order chi connectivity index (χ0) is 21.7. The van der Waals surface area contributed by atoms with Gasteiger partial charge < -0.3 is 9.64 Å². The van der Waals surface area contributed by atoms with Crippen molar-refractivity contribution in [1.29, 1.82) is 0 Å². The van der Waals surface area contributed by atoms with Crippen LogP contribution in [0.2, 0.25) is 5.02 Å². The molecule has 30 heavy (non-hydrogen) atoms. The molecular formula is C22H24ClN3O3S. The Hall–Kier alpha value is -2.35. The normalized spacial score (nSPS) is 11.1. The average Bonchev–Trinajstić information content (AvgIpc) is 2.72. The van der Waals surface area contributed by atoms with E-state index >= 15 is 0 Å². The summed E-state index contributed by atoms with van der Waals surface area (Å²) in [6.45, 7) is 3.29. The minimum Gasteiger partial charge on any atom is -0.383 e. The van der Waals surface area contributed by atoms with Gasteiger partial charge in [-0.15, -0.1) is 0 Å². The maximum absolute atomic E-state index is 12.9. The molecule has 0 spiro atoms. The van der Waals surface area contributed by atoms with Crippen molar-refractivity contribution in [2.24, 2.45) is 0 Å². The van der Waals surface area contributed by atoms with Gasteiger partial charge in [0.15, 0.2) is 5.16 Å². The Morgan fingerprint density at radius 3 is 2.77 bits per heavy atom. The Kier molecular flexibility index (Phi) is 7.53. The number of halogens is 1. The van der Waals surface area contributed by atoms with Crippen LogP contribution >= 0.6 is 23.4 Å². The average molecular weight is 446 g/mol. The molecule has 8 heteroatoms. The number of fused-ring (bicyclic) bond motifs is 1. The zero-order valence-corrected chi connectivity index (χ0v) is 18.8.